The van der Waals surface area contributed by atoms with E-state index in [4.69, 9.17) is 4.74 Å². The van der Waals surface area contributed by atoms with Crippen LogP contribution in [0.3, 0.4) is 0 Å². The van der Waals surface area contributed by atoms with Crippen LogP contribution in [0.25, 0.3) is 0 Å². The highest BCUT2D eigenvalue weighted by molar-refractivity contribution is 5.77. The maximum atomic E-state index is 12.7. The summed E-state index contributed by atoms with van der Waals surface area (Å²) >= 11 is 0. The maximum Gasteiger partial charge on any atom is 0.223 e. The molecule has 1 fully saturated rings. The summed E-state index contributed by atoms with van der Waals surface area (Å²) in [4.78, 5) is 29.5. The number of carbonyl (C=O) groups excluding carboxylic acids is 1. The van der Waals surface area contributed by atoms with Crippen LogP contribution in [0, 0.1) is 19.8 Å². The van der Waals surface area contributed by atoms with Crippen LogP contribution in [0.4, 0.5) is 5.69 Å². The van der Waals surface area contributed by atoms with E-state index in [1.165, 1.54) is 17.5 Å². The van der Waals surface area contributed by atoms with E-state index >= 15 is 0 Å². The fraction of sp³-hybridized carbons (Fsp3) is 0.474. The van der Waals surface area contributed by atoms with Gasteiger partial charge in [-0.05, 0) is 25.0 Å². The van der Waals surface area contributed by atoms with E-state index in [0.717, 1.165) is 30.0 Å². The molecule has 1 saturated heterocycles. The SMILES string of the molecule is COc1nc2c(c(C)c1C)CN(C(=O)CC1CN(c3cncnc3)C1)C2. The second-order valence-electron chi connectivity index (χ2n) is 7.12. The molecule has 2 aromatic heterocycles. The number of rotatable bonds is 4. The number of hydrogen-bond acceptors (Lipinski definition) is 6. The lowest BCUT2D eigenvalue weighted by Crippen LogP contribution is -2.48. The fourth-order valence-corrected chi connectivity index (χ4v) is 3.76. The van der Waals surface area contributed by atoms with Crippen molar-refractivity contribution in [2.75, 3.05) is 25.1 Å². The number of carbonyl (C=O) groups is 1. The van der Waals surface area contributed by atoms with Gasteiger partial charge in [0, 0.05) is 37.5 Å². The van der Waals surface area contributed by atoms with Crippen LogP contribution in [0.1, 0.15) is 28.8 Å². The van der Waals surface area contributed by atoms with Crippen LogP contribution in [0.15, 0.2) is 18.7 Å². The van der Waals surface area contributed by atoms with E-state index in [1.807, 2.05) is 24.2 Å². The Balaban J connectivity index is 1.36. The van der Waals surface area contributed by atoms with Gasteiger partial charge in [-0.2, -0.15) is 0 Å². The Hall–Kier alpha value is -2.70. The predicted octanol–water partition coefficient (Wildman–Crippen LogP) is 1.87. The van der Waals surface area contributed by atoms with Gasteiger partial charge in [-0.25, -0.2) is 15.0 Å². The molecule has 0 saturated carbocycles. The molecule has 4 rings (SSSR count). The Morgan fingerprint density at radius 1 is 1.19 bits per heavy atom. The Bertz CT molecular complexity index is 834. The molecule has 2 aromatic rings. The largest absolute Gasteiger partial charge is 0.481 e. The summed E-state index contributed by atoms with van der Waals surface area (Å²) < 4.78 is 5.36. The lowest BCUT2D eigenvalue weighted by Gasteiger charge is -2.40. The third-order valence-electron chi connectivity index (χ3n) is 5.49. The predicted molar refractivity (Wildman–Crippen MR) is 96.9 cm³/mol. The maximum absolute atomic E-state index is 12.7. The summed E-state index contributed by atoms with van der Waals surface area (Å²) in [6.45, 7) is 7.09. The summed E-state index contributed by atoms with van der Waals surface area (Å²) in [6, 6.07) is 0. The molecule has 0 spiro atoms. The smallest absolute Gasteiger partial charge is 0.223 e. The Kier molecular flexibility index (Phi) is 4.22. The van der Waals surface area contributed by atoms with Crippen LogP contribution in [-0.4, -0.2) is 46.0 Å². The Morgan fingerprint density at radius 2 is 1.92 bits per heavy atom. The molecule has 2 aliphatic heterocycles. The number of amides is 1. The summed E-state index contributed by atoms with van der Waals surface area (Å²) in [6.07, 6.45) is 5.73. The average Bonchev–Trinajstić information content (AvgIpc) is 3.06. The third-order valence-corrected chi connectivity index (χ3v) is 5.49. The van der Waals surface area contributed by atoms with E-state index in [0.29, 0.717) is 31.3 Å². The number of nitrogens with zero attached hydrogens (tertiary/aromatic N) is 5. The normalized spacial score (nSPS) is 16.4. The number of anilines is 1. The fourth-order valence-electron chi connectivity index (χ4n) is 3.76. The molecule has 0 atom stereocenters. The molecule has 2 aliphatic rings. The molecule has 7 heteroatoms. The molecule has 0 N–H and O–H groups in total. The first-order chi connectivity index (χ1) is 12.6. The molecule has 26 heavy (non-hydrogen) atoms. The third kappa shape index (κ3) is 2.87. The van der Waals surface area contributed by atoms with Crippen molar-refractivity contribution in [1.29, 1.82) is 0 Å². The lowest BCUT2D eigenvalue weighted by atomic mass is 9.95. The number of aromatic nitrogens is 3. The van der Waals surface area contributed by atoms with Gasteiger partial charge in [0.25, 0.3) is 0 Å². The summed E-state index contributed by atoms with van der Waals surface area (Å²) in [5, 5.41) is 0. The van der Waals surface area contributed by atoms with Gasteiger partial charge in [0.05, 0.1) is 37.4 Å². The van der Waals surface area contributed by atoms with Crippen molar-refractivity contribution in [2.24, 2.45) is 5.92 Å². The molecular formula is C19H23N5O2. The monoisotopic (exact) mass is 353 g/mol. The first-order valence-corrected chi connectivity index (χ1v) is 8.87. The van der Waals surface area contributed by atoms with E-state index in [1.54, 1.807) is 7.11 Å². The second kappa shape index (κ2) is 6.55. The first kappa shape index (κ1) is 16.8. The van der Waals surface area contributed by atoms with Crippen molar-refractivity contribution >= 4 is 11.6 Å². The number of fused-ring (bicyclic) bond motifs is 1. The van der Waals surface area contributed by atoms with Crippen molar-refractivity contribution in [2.45, 2.75) is 33.4 Å². The topological polar surface area (TPSA) is 71.5 Å². The van der Waals surface area contributed by atoms with Gasteiger partial charge < -0.3 is 14.5 Å². The van der Waals surface area contributed by atoms with Gasteiger partial charge in [-0.3, -0.25) is 4.79 Å². The van der Waals surface area contributed by atoms with Gasteiger partial charge in [0.1, 0.15) is 6.33 Å². The zero-order valence-electron chi connectivity index (χ0n) is 15.4. The molecule has 0 aromatic carbocycles. The van der Waals surface area contributed by atoms with Gasteiger partial charge in [0.15, 0.2) is 0 Å². The standard InChI is InChI=1S/C19H23N5O2/c1-12-13(2)19(26-3)22-17-10-24(9-16(12)17)18(25)4-14-7-23(8-14)15-5-20-11-21-6-15/h5-6,11,14H,4,7-10H2,1-3H3. The van der Waals surface area contributed by atoms with Crippen LogP contribution < -0.4 is 9.64 Å². The second-order valence-corrected chi connectivity index (χ2v) is 7.12. The highest BCUT2D eigenvalue weighted by Crippen LogP contribution is 2.32. The Morgan fingerprint density at radius 3 is 2.62 bits per heavy atom. The zero-order chi connectivity index (χ0) is 18.3. The van der Waals surface area contributed by atoms with Crippen LogP contribution in [0.2, 0.25) is 0 Å². The van der Waals surface area contributed by atoms with Crippen LogP contribution in [-0.2, 0) is 17.9 Å². The molecule has 0 aliphatic carbocycles. The average molecular weight is 353 g/mol. The molecule has 0 bridgehead atoms. The summed E-state index contributed by atoms with van der Waals surface area (Å²) in [7, 11) is 1.64. The van der Waals surface area contributed by atoms with Crippen LogP contribution in [0.5, 0.6) is 5.88 Å². The minimum Gasteiger partial charge on any atom is -0.481 e. The molecule has 0 radical (unpaired) electrons. The molecule has 4 heterocycles. The first-order valence-electron chi connectivity index (χ1n) is 8.87. The van der Waals surface area contributed by atoms with Crippen molar-refractivity contribution in [3.05, 3.63) is 41.1 Å². The van der Waals surface area contributed by atoms with E-state index in [2.05, 4.69) is 26.8 Å². The Labute approximate surface area is 153 Å². The van der Waals surface area contributed by atoms with Crippen LogP contribution >= 0.6 is 0 Å². The molecule has 0 unspecified atom stereocenters. The molecule has 1 amide bonds. The number of hydrogen-bond donors (Lipinski definition) is 0. The number of ether oxygens (including phenoxy) is 1. The number of methoxy groups -OCH3 is 1. The summed E-state index contributed by atoms with van der Waals surface area (Å²) in [5.74, 6) is 1.25. The highest BCUT2D eigenvalue weighted by atomic mass is 16.5. The van der Waals surface area contributed by atoms with Gasteiger partial charge in [0.2, 0.25) is 11.8 Å². The van der Waals surface area contributed by atoms with Crippen molar-refractivity contribution < 1.29 is 9.53 Å². The molecule has 7 nitrogen and oxygen atoms in total. The summed E-state index contributed by atoms with van der Waals surface area (Å²) in [5.41, 5.74) is 5.40. The van der Waals surface area contributed by atoms with E-state index in [-0.39, 0.29) is 5.91 Å². The van der Waals surface area contributed by atoms with Gasteiger partial charge in [-0.15, -0.1) is 0 Å². The van der Waals surface area contributed by atoms with Crippen molar-refractivity contribution in [3.63, 3.8) is 0 Å². The minimum atomic E-state index is 0.202. The highest BCUT2D eigenvalue weighted by Gasteiger charge is 2.33. The zero-order valence-corrected chi connectivity index (χ0v) is 15.4. The lowest BCUT2D eigenvalue weighted by molar-refractivity contribution is -0.133. The van der Waals surface area contributed by atoms with Crippen molar-refractivity contribution in [3.8, 4) is 5.88 Å². The molecular weight excluding hydrogens is 330 g/mol. The molecule has 136 valence electrons. The van der Waals surface area contributed by atoms with E-state index < -0.39 is 0 Å². The van der Waals surface area contributed by atoms with E-state index in [9.17, 15) is 4.79 Å². The quantitative estimate of drug-likeness (QED) is 0.836. The van der Waals surface area contributed by atoms with Crippen molar-refractivity contribution in [1.82, 2.24) is 19.9 Å². The van der Waals surface area contributed by atoms with Gasteiger partial charge >= 0.3 is 0 Å². The minimum absolute atomic E-state index is 0.202. The number of pyridine rings is 1. The van der Waals surface area contributed by atoms with Gasteiger partial charge in [-0.1, -0.05) is 0 Å².